The fourth-order valence-corrected chi connectivity index (χ4v) is 2.92. The second-order valence-electron chi connectivity index (χ2n) is 6.34. The van der Waals surface area contributed by atoms with Crippen molar-refractivity contribution in [1.82, 2.24) is 15.1 Å². The van der Waals surface area contributed by atoms with Gasteiger partial charge in [0.05, 0.1) is 0 Å². The summed E-state index contributed by atoms with van der Waals surface area (Å²) in [6.07, 6.45) is 6.85. The maximum atomic E-state index is 4.24. The quantitative estimate of drug-likeness (QED) is 0.805. The van der Waals surface area contributed by atoms with Crippen LogP contribution in [0, 0.1) is 11.3 Å². The Labute approximate surface area is 111 Å². The average Bonchev–Trinajstić information content (AvgIpc) is 2.76. The first-order chi connectivity index (χ1) is 8.54. The third-order valence-corrected chi connectivity index (χ3v) is 4.37. The van der Waals surface area contributed by atoms with E-state index in [1.54, 1.807) is 0 Å². The molecule has 1 aliphatic carbocycles. The van der Waals surface area contributed by atoms with E-state index in [0.717, 1.165) is 18.9 Å². The molecule has 102 valence electrons. The molecule has 0 spiro atoms. The minimum Gasteiger partial charge on any atom is -0.314 e. The molecule has 1 saturated carbocycles. The lowest BCUT2D eigenvalue weighted by Crippen LogP contribution is -2.33. The molecule has 3 nitrogen and oxygen atoms in total. The second-order valence-corrected chi connectivity index (χ2v) is 6.34. The number of hydrogen-bond acceptors (Lipinski definition) is 2. The Hall–Kier alpha value is -0.830. The highest BCUT2D eigenvalue weighted by Crippen LogP contribution is 2.54. The molecule has 1 fully saturated rings. The van der Waals surface area contributed by atoms with Crippen LogP contribution < -0.4 is 5.32 Å². The Kier molecular flexibility index (Phi) is 4.10. The van der Waals surface area contributed by atoms with Gasteiger partial charge in [-0.1, -0.05) is 20.8 Å². The first-order valence-electron chi connectivity index (χ1n) is 7.25. The van der Waals surface area contributed by atoms with Crippen molar-refractivity contribution in [1.29, 1.82) is 0 Å². The lowest BCUT2D eigenvalue weighted by Gasteiger charge is -2.20. The van der Waals surface area contributed by atoms with Crippen LogP contribution in [0.3, 0.4) is 0 Å². The van der Waals surface area contributed by atoms with Crippen molar-refractivity contribution in [2.24, 2.45) is 18.4 Å². The van der Waals surface area contributed by atoms with Crippen molar-refractivity contribution >= 4 is 0 Å². The fraction of sp³-hybridized carbons (Fsp3) is 0.800. The van der Waals surface area contributed by atoms with Crippen LogP contribution in [-0.2, 0) is 13.5 Å². The SMILES string of the molecule is CCCNC(CCc1ccnn1C)C1CC1(C)C. The zero-order valence-corrected chi connectivity index (χ0v) is 12.2. The highest BCUT2D eigenvalue weighted by atomic mass is 15.2. The number of aryl methyl sites for hydroxylation is 2. The molecule has 1 aliphatic rings. The van der Waals surface area contributed by atoms with Crippen molar-refractivity contribution in [3.8, 4) is 0 Å². The van der Waals surface area contributed by atoms with E-state index in [4.69, 9.17) is 0 Å². The van der Waals surface area contributed by atoms with Crippen LogP contribution in [0.4, 0.5) is 0 Å². The summed E-state index contributed by atoms with van der Waals surface area (Å²) in [4.78, 5) is 0. The van der Waals surface area contributed by atoms with Crippen LogP contribution in [0.25, 0.3) is 0 Å². The smallest absolute Gasteiger partial charge is 0.0492 e. The van der Waals surface area contributed by atoms with Gasteiger partial charge in [-0.05, 0) is 49.6 Å². The van der Waals surface area contributed by atoms with E-state index in [1.807, 2.05) is 17.9 Å². The summed E-state index contributed by atoms with van der Waals surface area (Å²) in [5.74, 6) is 0.859. The summed E-state index contributed by atoms with van der Waals surface area (Å²) in [7, 11) is 2.03. The molecule has 0 aliphatic heterocycles. The molecule has 1 aromatic rings. The van der Waals surface area contributed by atoms with Gasteiger partial charge >= 0.3 is 0 Å². The lowest BCUT2D eigenvalue weighted by molar-refractivity contribution is 0.382. The zero-order chi connectivity index (χ0) is 13.2. The van der Waals surface area contributed by atoms with E-state index in [9.17, 15) is 0 Å². The highest BCUT2D eigenvalue weighted by molar-refractivity contribution is 5.05. The second kappa shape index (κ2) is 5.43. The van der Waals surface area contributed by atoms with Gasteiger partial charge < -0.3 is 5.32 Å². The third kappa shape index (κ3) is 3.14. The highest BCUT2D eigenvalue weighted by Gasteiger charge is 2.49. The van der Waals surface area contributed by atoms with Crippen LogP contribution in [-0.4, -0.2) is 22.4 Å². The number of aromatic nitrogens is 2. The van der Waals surface area contributed by atoms with Crippen molar-refractivity contribution in [2.75, 3.05) is 6.54 Å². The van der Waals surface area contributed by atoms with Gasteiger partial charge in [0.25, 0.3) is 0 Å². The molecule has 0 aromatic carbocycles. The molecule has 0 saturated heterocycles. The van der Waals surface area contributed by atoms with Gasteiger partial charge in [-0.15, -0.1) is 0 Å². The Morgan fingerprint density at radius 3 is 2.78 bits per heavy atom. The summed E-state index contributed by atoms with van der Waals surface area (Å²) < 4.78 is 1.99. The van der Waals surface area contributed by atoms with E-state index in [-0.39, 0.29) is 0 Å². The molecule has 3 heteroatoms. The number of rotatable bonds is 7. The Bertz CT molecular complexity index is 381. The van der Waals surface area contributed by atoms with E-state index in [1.165, 1.54) is 25.0 Å². The standard InChI is InChI=1S/C15H27N3/c1-5-9-16-14(13-11-15(13,2)3)7-6-12-8-10-17-18(12)4/h8,10,13-14,16H,5-7,9,11H2,1-4H3. The molecule has 1 aromatic heterocycles. The first kappa shape index (κ1) is 13.6. The minimum atomic E-state index is 0.553. The molecule has 2 rings (SSSR count). The van der Waals surface area contributed by atoms with Crippen LogP contribution in [0.15, 0.2) is 12.3 Å². The monoisotopic (exact) mass is 249 g/mol. The Balaban J connectivity index is 1.88. The maximum absolute atomic E-state index is 4.24. The van der Waals surface area contributed by atoms with Gasteiger partial charge in [-0.25, -0.2) is 0 Å². The van der Waals surface area contributed by atoms with Gasteiger partial charge in [0.15, 0.2) is 0 Å². The van der Waals surface area contributed by atoms with E-state index >= 15 is 0 Å². The van der Waals surface area contributed by atoms with Gasteiger partial charge in [-0.2, -0.15) is 5.10 Å². The molecule has 0 radical (unpaired) electrons. The zero-order valence-electron chi connectivity index (χ0n) is 12.2. The number of hydrogen-bond donors (Lipinski definition) is 1. The number of nitrogens with one attached hydrogen (secondary N) is 1. The third-order valence-electron chi connectivity index (χ3n) is 4.37. The molecular weight excluding hydrogens is 222 g/mol. The summed E-state index contributed by atoms with van der Waals surface area (Å²) in [5.41, 5.74) is 1.90. The largest absolute Gasteiger partial charge is 0.314 e. The van der Waals surface area contributed by atoms with Gasteiger partial charge in [0.1, 0.15) is 0 Å². The van der Waals surface area contributed by atoms with E-state index < -0.39 is 0 Å². The predicted molar refractivity (Wildman–Crippen MR) is 75.5 cm³/mol. The summed E-state index contributed by atoms with van der Waals surface area (Å²) >= 11 is 0. The molecule has 1 heterocycles. The molecule has 2 atom stereocenters. The van der Waals surface area contributed by atoms with Crippen LogP contribution in [0.1, 0.15) is 45.7 Å². The van der Waals surface area contributed by atoms with Crippen molar-refractivity contribution in [3.63, 3.8) is 0 Å². The molecule has 0 amide bonds. The average molecular weight is 249 g/mol. The lowest BCUT2D eigenvalue weighted by atomic mass is 9.99. The summed E-state index contributed by atoms with van der Waals surface area (Å²) in [5, 5.41) is 7.98. The molecule has 0 bridgehead atoms. The fourth-order valence-electron chi connectivity index (χ4n) is 2.92. The topological polar surface area (TPSA) is 29.9 Å². The Morgan fingerprint density at radius 2 is 2.28 bits per heavy atom. The molecule has 2 unspecified atom stereocenters. The number of nitrogens with zero attached hydrogens (tertiary/aromatic N) is 2. The summed E-state index contributed by atoms with van der Waals surface area (Å²) in [6, 6.07) is 2.81. The van der Waals surface area contributed by atoms with E-state index in [2.05, 4.69) is 37.3 Å². The molecular formula is C15H27N3. The van der Waals surface area contributed by atoms with Crippen LogP contribution >= 0.6 is 0 Å². The Morgan fingerprint density at radius 1 is 1.56 bits per heavy atom. The normalized spacial score (nSPS) is 23.0. The van der Waals surface area contributed by atoms with E-state index in [0.29, 0.717) is 11.5 Å². The minimum absolute atomic E-state index is 0.553. The van der Waals surface area contributed by atoms with Crippen LogP contribution in [0.2, 0.25) is 0 Å². The van der Waals surface area contributed by atoms with Crippen molar-refractivity contribution < 1.29 is 0 Å². The predicted octanol–water partition coefficient (Wildman–Crippen LogP) is 2.77. The van der Waals surface area contributed by atoms with Gasteiger partial charge in [-0.3, -0.25) is 4.68 Å². The maximum Gasteiger partial charge on any atom is 0.0492 e. The van der Waals surface area contributed by atoms with Crippen molar-refractivity contribution in [2.45, 2.75) is 52.5 Å². The van der Waals surface area contributed by atoms with Crippen molar-refractivity contribution in [3.05, 3.63) is 18.0 Å². The molecule has 18 heavy (non-hydrogen) atoms. The summed E-state index contributed by atoms with van der Waals surface area (Å²) in [6.45, 7) is 8.16. The van der Waals surface area contributed by atoms with Gasteiger partial charge in [0, 0.05) is 25.0 Å². The van der Waals surface area contributed by atoms with Gasteiger partial charge in [0.2, 0.25) is 0 Å². The first-order valence-corrected chi connectivity index (χ1v) is 7.25. The van der Waals surface area contributed by atoms with Crippen LogP contribution in [0.5, 0.6) is 0 Å². The molecule has 1 N–H and O–H groups in total.